The Morgan fingerprint density at radius 2 is 2.33 bits per heavy atom. The molecule has 7 nitrogen and oxygen atoms in total. The highest BCUT2D eigenvalue weighted by Crippen LogP contribution is 2.37. The number of imidazole rings is 1. The number of fused-ring (bicyclic) bond motifs is 1. The molecule has 3 unspecified atom stereocenters. The summed E-state index contributed by atoms with van der Waals surface area (Å²) in [7, 11) is 0. The number of carboxylic acids is 1. The first-order chi connectivity index (χ1) is 10.1. The Bertz CT molecular complexity index is 542. The van der Waals surface area contributed by atoms with Gasteiger partial charge in [0.25, 0.3) is 0 Å². The molecule has 3 N–H and O–H groups in total. The lowest BCUT2D eigenvalue weighted by atomic mass is 9.94. The lowest BCUT2D eigenvalue weighted by molar-refractivity contribution is -0.123. The van der Waals surface area contributed by atoms with Crippen molar-refractivity contribution in [3.63, 3.8) is 0 Å². The summed E-state index contributed by atoms with van der Waals surface area (Å²) in [6.45, 7) is 1.95. The first-order valence-electron chi connectivity index (χ1n) is 7.41. The fourth-order valence-corrected chi connectivity index (χ4v) is 3.49. The maximum absolute atomic E-state index is 12.2. The zero-order valence-electron chi connectivity index (χ0n) is 11.8. The molecule has 21 heavy (non-hydrogen) atoms. The molecule has 1 aliphatic carbocycles. The Morgan fingerprint density at radius 1 is 1.48 bits per heavy atom. The number of aromatic nitrogens is 2. The van der Waals surface area contributed by atoms with Gasteiger partial charge in [0.1, 0.15) is 0 Å². The average Bonchev–Trinajstić information content (AvgIpc) is 3.14. The molecular formula is C14H20N4O3. The SMILES string of the molecule is O=C(O)c1cn(CCNC(=O)C2NCC3CCCC32)cn1. The van der Waals surface area contributed by atoms with Gasteiger partial charge >= 0.3 is 5.97 Å². The lowest BCUT2D eigenvalue weighted by Crippen LogP contribution is -2.44. The largest absolute Gasteiger partial charge is 0.476 e. The van der Waals surface area contributed by atoms with Gasteiger partial charge in [0.2, 0.25) is 5.91 Å². The first-order valence-corrected chi connectivity index (χ1v) is 7.41. The van der Waals surface area contributed by atoms with E-state index in [4.69, 9.17) is 5.11 Å². The molecule has 1 amide bonds. The summed E-state index contributed by atoms with van der Waals surface area (Å²) in [5, 5.41) is 15.0. The second kappa shape index (κ2) is 5.85. The van der Waals surface area contributed by atoms with E-state index in [1.54, 1.807) is 4.57 Å². The molecule has 0 spiro atoms. The number of aromatic carboxylic acids is 1. The Balaban J connectivity index is 1.46. The van der Waals surface area contributed by atoms with Gasteiger partial charge in [-0.05, 0) is 31.2 Å². The summed E-state index contributed by atoms with van der Waals surface area (Å²) >= 11 is 0. The van der Waals surface area contributed by atoms with Crippen molar-refractivity contribution in [2.45, 2.75) is 31.8 Å². The molecule has 2 aliphatic rings. The Kier molecular flexibility index (Phi) is 3.92. The van der Waals surface area contributed by atoms with Gasteiger partial charge in [-0.3, -0.25) is 4.79 Å². The van der Waals surface area contributed by atoms with Gasteiger partial charge in [-0.1, -0.05) is 6.42 Å². The Morgan fingerprint density at radius 3 is 3.10 bits per heavy atom. The van der Waals surface area contributed by atoms with E-state index in [0.29, 0.717) is 24.9 Å². The van der Waals surface area contributed by atoms with Crippen molar-refractivity contribution in [3.8, 4) is 0 Å². The minimum atomic E-state index is -1.04. The van der Waals surface area contributed by atoms with Crippen LogP contribution in [0.5, 0.6) is 0 Å². The molecule has 1 aromatic heterocycles. The van der Waals surface area contributed by atoms with E-state index >= 15 is 0 Å². The maximum Gasteiger partial charge on any atom is 0.356 e. The van der Waals surface area contributed by atoms with E-state index in [1.807, 2.05) is 0 Å². The van der Waals surface area contributed by atoms with E-state index in [0.717, 1.165) is 13.0 Å². The molecule has 1 aromatic rings. The molecule has 0 aromatic carbocycles. The van der Waals surface area contributed by atoms with Crippen LogP contribution >= 0.6 is 0 Å². The van der Waals surface area contributed by atoms with Gasteiger partial charge in [-0.15, -0.1) is 0 Å². The number of rotatable bonds is 5. The van der Waals surface area contributed by atoms with E-state index in [9.17, 15) is 9.59 Å². The van der Waals surface area contributed by atoms with Gasteiger partial charge in [0.15, 0.2) is 5.69 Å². The summed E-state index contributed by atoms with van der Waals surface area (Å²) in [6.07, 6.45) is 6.53. The van der Waals surface area contributed by atoms with Crippen LogP contribution in [-0.4, -0.2) is 45.7 Å². The topological polar surface area (TPSA) is 96.2 Å². The highest BCUT2D eigenvalue weighted by molar-refractivity contribution is 5.85. The van der Waals surface area contributed by atoms with Gasteiger partial charge in [0, 0.05) is 19.3 Å². The van der Waals surface area contributed by atoms with Crippen molar-refractivity contribution in [1.29, 1.82) is 0 Å². The minimum Gasteiger partial charge on any atom is -0.476 e. The van der Waals surface area contributed by atoms with Crippen LogP contribution in [0.1, 0.15) is 29.8 Å². The van der Waals surface area contributed by atoms with Gasteiger partial charge < -0.3 is 20.3 Å². The fraction of sp³-hybridized carbons (Fsp3) is 0.643. The van der Waals surface area contributed by atoms with Crippen molar-refractivity contribution in [1.82, 2.24) is 20.2 Å². The molecule has 1 saturated carbocycles. The van der Waals surface area contributed by atoms with Crippen molar-refractivity contribution in [3.05, 3.63) is 18.2 Å². The maximum atomic E-state index is 12.2. The molecule has 2 heterocycles. The van der Waals surface area contributed by atoms with Gasteiger partial charge in [0.05, 0.1) is 12.4 Å². The zero-order valence-corrected chi connectivity index (χ0v) is 11.8. The van der Waals surface area contributed by atoms with Crippen LogP contribution in [0, 0.1) is 11.8 Å². The van der Waals surface area contributed by atoms with Crippen molar-refractivity contribution >= 4 is 11.9 Å². The number of hydrogen-bond acceptors (Lipinski definition) is 4. The quantitative estimate of drug-likeness (QED) is 0.714. The number of carbonyl (C=O) groups is 2. The predicted molar refractivity (Wildman–Crippen MR) is 74.8 cm³/mol. The van der Waals surface area contributed by atoms with Crippen molar-refractivity contribution in [2.24, 2.45) is 11.8 Å². The van der Waals surface area contributed by atoms with E-state index in [-0.39, 0.29) is 17.6 Å². The second-order valence-electron chi connectivity index (χ2n) is 5.83. The number of carbonyl (C=O) groups excluding carboxylic acids is 1. The standard InChI is InChI=1S/C14H20N4O3/c19-13(12-10-3-1-2-9(10)6-16-12)15-4-5-18-7-11(14(20)21)17-8-18/h7-10,12,16H,1-6H2,(H,15,19)(H,20,21). The number of nitrogens with one attached hydrogen (secondary N) is 2. The van der Waals surface area contributed by atoms with Gasteiger partial charge in [-0.2, -0.15) is 0 Å². The third kappa shape index (κ3) is 2.92. The number of carboxylic acid groups (broad SMARTS) is 1. The van der Waals surface area contributed by atoms with Crippen molar-refractivity contribution in [2.75, 3.05) is 13.1 Å². The van der Waals surface area contributed by atoms with Crippen molar-refractivity contribution < 1.29 is 14.7 Å². The van der Waals surface area contributed by atoms with Crippen LogP contribution in [0.2, 0.25) is 0 Å². The van der Waals surface area contributed by atoms with E-state index in [1.165, 1.54) is 25.4 Å². The molecule has 3 rings (SSSR count). The van der Waals surface area contributed by atoms with E-state index in [2.05, 4.69) is 15.6 Å². The molecule has 1 saturated heterocycles. The van der Waals surface area contributed by atoms with Crippen LogP contribution in [0.15, 0.2) is 12.5 Å². The molecule has 0 radical (unpaired) electrons. The molecule has 7 heteroatoms. The van der Waals surface area contributed by atoms with E-state index < -0.39 is 5.97 Å². The predicted octanol–water partition coefficient (Wildman–Crippen LogP) is 0.0856. The summed E-state index contributed by atoms with van der Waals surface area (Å²) in [5.74, 6) is 0.160. The lowest BCUT2D eigenvalue weighted by Gasteiger charge is -2.17. The second-order valence-corrected chi connectivity index (χ2v) is 5.83. The molecule has 2 fully saturated rings. The Labute approximate surface area is 122 Å². The van der Waals surface area contributed by atoms with Crippen LogP contribution in [0.4, 0.5) is 0 Å². The monoisotopic (exact) mass is 292 g/mol. The van der Waals surface area contributed by atoms with Gasteiger partial charge in [-0.25, -0.2) is 9.78 Å². The molecule has 3 atom stereocenters. The third-order valence-corrected chi connectivity index (χ3v) is 4.55. The smallest absolute Gasteiger partial charge is 0.356 e. The first kappa shape index (κ1) is 14.1. The number of amides is 1. The zero-order chi connectivity index (χ0) is 14.8. The summed E-state index contributed by atoms with van der Waals surface area (Å²) in [4.78, 5) is 26.7. The fourth-order valence-electron chi connectivity index (χ4n) is 3.49. The number of hydrogen-bond donors (Lipinski definition) is 3. The molecular weight excluding hydrogens is 272 g/mol. The Hall–Kier alpha value is -1.89. The van der Waals surface area contributed by atoms with Crippen LogP contribution in [0.3, 0.4) is 0 Å². The summed E-state index contributed by atoms with van der Waals surface area (Å²) in [6, 6.07) is -0.0603. The molecule has 1 aliphatic heterocycles. The number of nitrogens with zero attached hydrogens (tertiary/aromatic N) is 2. The highest BCUT2D eigenvalue weighted by atomic mass is 16.4. The van der Waals surface area contributed by atoms with Crippen LogP contribution in [-0.2, 0) is 11.3 Å². The highest BCUT2D eigenvalue weighted by Gasteiger charge is 2.42. The van der Waals surface area contributed by atoms with Crippen LogP contribution < -0.4 is 10.6 Å². The molecule has 114 valence electrons. The normalized spacial score (nSPS) is 27.5. The molecule has 0 bridgehead atoms. The van der Waals surface area contributed by atoms with Crippen LogP contribution in [0.25, 0.3) is 0 Å². The summed E-state index contributed by atoms with van der Waals surface area (Å²) in [5.41, 5.74) is 0.0209. The third-order valence-electron chi connectivity index (χ3n) is 4.55. The average molecular weight is 292 g/mol. The summed E-state index contributed by atoms with van der Waals surface area (Å²) < 4.78 is 1.67. The minimum absolute atomic E-state index is 0.0209.